The number of hydrogen-bond donors (Lipinski definition) is 1. The van der Waals surface area contributed by atoms with E-state index in [1.807, 2.05) is 30.3 Å². The Morgan fingerprint density at radius 2 is 2.00 bits per heavy atom. The number of benzene rings is 1. The zero-order valence-corrected chi connectivity index (χ0v) is 15.7. The van der Waals surface area contributed by atoms with Gasteiger partial charge in [0.15, 0.2) is 5.65 Å². The number of rotatable bonds is 3. The van der Waals surface area contributed by atoms with Crippen LogP contribution in [0.1, 0.15) is 11.5 Å². The Labute approximate surface area is 162 Å². The van der Waals surface area contributed by atoms with Gasteiger partial charge in [-0.2, -0.15) is 5.10 Å². The highest BCUT2D eigenvalue weighted by atomic mass is 35.5. The van der Waals surface area contributed by atoms with E-state index in [0.717, 1.165) is 5.56 Å². The molecule has 1 amide bonds. The molecule has 1 aliphatic rings. The SMILES string of the molecule is Cl.Cn1ncc2c(=O)n(CC(=O)N3C[C@@H](N)[C@H](c4ccccc4)C3)cnc21. The van der Waals surface area contributed by atoms with Crippen LogP contribution < -0.4 is 11.3 Å². The first-order valence-electron chi connectivity index (χ1n) is 8.50. The Balaban J connectivity index is 0.00000210. The zero-order chi connectivity index (χ0) is 18.3. The van der Waals surface area contributed by atoms with Gasteiger partial charge in [0.1, 0.15) is 18.3 Å². The number of likely N-dealkylation sites (tertiary alicyclic amines) is 1. The lowest BCUT2D eigenvalue weighted by molar-refractivity contribution is -0.130. The maximum atomic E-state index is 12.7. The summed E-state index contributed by atoms with van der Waals surface area (Å²) in [5.74, 6) is -0.0261. The van der Waals surface area contributed by atoms with E-state index in [-0.39, 0.29) is 42.4 Å². The third-order valence-corrected chi connectivity index (χ3v) is 4.97. The van der Waals surface area contributed by atoms with Crippen molar-refractivity contribution in [3.63, 3.8) is 0 Å². The van der Waals surface area contributed by atoms with Gasteiger partial charge in [0.2, 0.25) is 5.91 Å². The van der Waals surface area contributed by atoms with E-state index in [1.165, 1.54) is 21.8 Å². The van der Waals surface area contributed by atoms with E-state index < -0.39 is 0 Å². The third kappa shape index (κ3) is 3.45. The molecule has 2 N–H and O–H groups in total. The summed E-state index contributed by atoms with van der Waals surface area (Å²) >= 11 is 0. The fourth-order valence-electron chi connectivity index (χ4n) is 3.51. The standard InChI is InChI=1S/C18H20N6O2.ClH/c1-22-17-13(7-21-22)18(26)24(11-20-17)10-16(25)23-8-14(15(19)9-23)12-5-3-2-4-6-12;/h2-7,11,14-15H,8-10,19H2,1H3;1H/t14-,15+;/m0./s1. The molecular formula is C18H21ClN6O2. The number of amides is 1. The largest absolute Gasteiger partial charge is 0.339 e. The van der Waals surface area contributed by atoms with E-state index >= 15 is 0 Å². The zero-order valence-electron chi connectivity index (χ0n) is 14.9. The molecule has 0 saturated carbocycles. The lowest BCUT2D eigenvalue weighted by Crippen LogP contribution is -2.36. The van der Waals surface area contributed by atoms with Crippen LogP contribution in [0.25, 0.3) is 11.0 Å². The quantitative estimate of drug-likeness (QED) is 0.704. The third-order valence-electron chi connectivity index (χ3n) is 4.97. The predicted molar refractivity (Wildman–Crippen MR) is 104 cm³/mol. The molecule has 9 heteroatoms. The molecule has 1 aliphatic heterocycles. The lowest BCUT2D eigenvalue weighted by atomic mass is 9.95. The fourth-order valence-corrected chi connectivity index (χ4v) is 3.51. The average molecular weight is 389 g/mol. The first-order valence-corrected chi connectivity index (χ1v) is 8.50. The van der Waals surface area contributed by atoms with Crippen molar-refractivity contribution in [2.45, 2.75) is 18.5 Å². The summed E-state index contributed by atoms with van der Waals surface area (Å²) in [4.78, 5) is 31.2. The van der Waals surface area contributed by atoms with Crippen molar-refractivity contribution in [2.75, 3.05) is 13.1 Å². The molecule has 142 valence electrons. The normalized spacial score (nSPS) is 19.3. The van der Waals surface area contributed by atoms with Crippen molar-refractivity contribution in [1.29, 1.82) is 0 Å². The molecule has 1 fully saturated rings. The van der Waals surface area contributed by atoms with Crippen molar-refractivity contribution in [2.24, 2.45) is 12.8 Å². The summed E-state index contributed by atoms with van der Waals surface area (Å²) in [6, 6.07) is 9.85. The number of nitrogens with zero attached hydrogens (tertiary/aromatic N) is 5. The van der Waals surface area contributed by atoms with Crippen LogP contribution in [-0.4, -0.2) is 49.3 Å². The minimum Gasteiger partial charge on any atom is -0.339 e. The van der Waals surface area contributed by atoms with Gasteiger partial charge in [0.05, 0.1) is 6.20 Å². The lowest BCUT2D eigenvalue weighted by Gasteiger charge is -2.17. The Morgan fingerprint density at radius 1 is 1.26 bits per heavy atom. The van der Waals surface area contributed by atoms with Crippen molar-refractivity contribution in [3.05, 3.63) is 58.8 Å². The van der Waals surface area contributed by atoms with Crippen LogP contribution in [-0.2, 0) is 18.4 Å². The highest BCUT2D eigenvalue weighted by molar-refractivity contribution is 5.85. The molecule has 0 unspecified atom stereocenters. The molecule has 0 aliphatic carbocycles. The number of carbonyl (C=O) groups excluding carboxylic acids is 1. The van der Waals surface area contributed by atoms with Crippen LogP contribution in [0.2, 0.25) is 0 Å². The highest BCUT2D eigenvalue weighted by Gasteiger charge is 2.33. The number of hydrogen-bond acceptors (Lipinski definition) is 5. The van der Waals surface area contributed by atoms with Gasteiger partial charge in [0.25, 0.3) is 5.56 Å². The number of halogens is 1. The van der Waals surface area contributed by atoms with Gasteiger partial charge in [-0.15, -0.1) is 12.4 Å². The summed E-state index contributed by atoms with van der Waals surface area (Å²) in [6.45, 7) is 0.988. The molecule has 27 heavy (non-hydrogen) atoms. The van der Waals surface area contributed by atoms with Gasteiger partial charge in [-0.1, -0.05) is 30.3 Å². The van der Waals surface area contributed by atoms with Gasteiger partial charge >= 0.3 is 0 Å². The Bertz CT molecular complexity index is 1020. The molecule has 3 aromatic rings. The van der Waals surface area contributed by atoms with Crippen molar-refractivity contribution in [1.82, 2.24) is 24.2 Å². The van der Waals surface area contributed by atoms with Crippen molar-refractivity contribution >= 4 is 29.3 Å². The second-order valence-electron chi connectivity index (χ2n) is 6.66. The molecule has 3 heterocycles. The van der Waals surface area contributed by atoms with Crippen LogP contribution in [0.3, 0.4) is 0 Å². The highest BCUT2D eigenvalue weighted by Crippen LogP contribution is 2.26. The molecule has 0 radical (unpaired) electrons. The monoisotopic (exact) mass is 388 g/mol. The Hall–Kier alpha value is -2.71. The van der Waals surface area contributed by atoms with Crippen LogP contribution in [0, 0.1) is 0 Å². The van der Waals surface area contributed by atoms with Crippen LogP contribution >= 0.6 is 12.4 Å². The summed E-state index contributed by atoms with van der Waals surface area (Å²) in [6.07, 6.45) is 2.87. The minimum absolute atomic E-state index is 0. The molecule has 1 aromatic carbocycles. The van der Waals surface area contributed by atoms with E-state index in [1.54, 1.807) is 11.9 Å². The molecule has 8 nitrogen and oxygen atoms in total. The molecule has 2 atom stereocenters. The van der Waals surface area contributed by atoms with E-state index in [0.29, 0.717) is 24.1 Å². The van der Waals surface area contributed by atoms with E-state index in [4.69, 9.17) is 5.73 Å². The fraction of sp³-hybridized carbons (Fsp3) is 0.333. The maximum Gasteiger partial charge on any atom is 0.264 e. The molecular weight excluding hydrogens is 368 g/mol. The molecule has 4 rings (SSSR count). The minimum atomic E-state index is -0.264. The summed E-state index contributed by atoms with van der Waals surface area (Å²) in [5, 5.41) is 4.44. The number of carbonyl (C=O) groups is 1. The average Bonchev–Trinajstić information content (AvgIpc) is 3.22. The predicted octanol–water partition coefficient (Wildman–Crippen LogP) is 0.505. The van der Waals surface area contributed by atoms with Gasteiger partial charge in [0, 0.05) is 32.1 Å². The Kier molecular flexibility index (Phi) is 5.29. The van der Waals surface area contributed by atoms with Gasteiger partial charge in [-0.05, 0) is 5.56 Å². The smallest absolute Gasteiger partial charge is 0.264 e. The number of nitrogens with two attached hydrogens (primary N) is 1. The van der Waals surface area contributed by atoms with E-state index in [9.17, 15) is 9.59 Å². The number of fused-ring (bicyclic) bond motifs is 1. The van der Waals surface area contributed by atoms with Crippen LogP contribution in [0.4, 0.5) is 0 Å². The topological polar surface area (TPSA) is 99.0 Å². The summed E-state index contributed by atoms with van der Waals surface area (Å²) < 4.78 is 2.86. The number of aryl methyl sites for hydroxylation is 1. The van der Waals surface area contributed by atoms with Gasteiger partial charge in [-0.25, -0.2) is 4.98 Å². The van der Waals surface area contributed by atoms with Crippen LogP contribution in [0.5, 0.6) is 0 Å². The van der Waals surface area contributed by atoms with Crippen LogP contribution in [0.15, 0.2) is 47.7 Å². The second kappa shape index (κ2) is 7.50. The van der Waals surface area contributed by atoms with Crippen molar-refractivity contribution in [3.8, 4) is 0 Å². The van der Waals surface area contributed by atoms with E-state index in [2.05, 4.69) is 10.1 Å². The van der Waals surface area contributed by atoms with Gasteiger partial charge in [-0.3, -0.25) is 18.8 Å². The van der Waals surface area contributed by atoms with Gasteiger partial charge < -0.3 is 10.6 Å². The summed E-state index contributed by atoms with van der Waals surface area (Å²) in [7, 11) is 1.72. The van der Waals surface area contributed by atoms with Crippen molar-refractivity contribution < 1.29 is 4.79 Å². The number of aromatic nitrogens is 4. The molecule has 0 bridgehead atoms. The summed E-state index contributed by atoms with van der Waals surface area (Å²) in [5.41, 5.74) is 7.63. The molecule has 0 spiro atoms. The molecule has 2 aromatic heterocycles. The molecule has 1 saturated heterocycles. The maximum absolute atomic E-state index is 12.7. The first kappa shape index (κ1) is 19.1. The second-order valence-corrected chi connectivity index (χ2v) is 6.66. The Morgan fingerprint density at radius 3 is 2.74 bits per heavy atom. The first-order chi connectivity index (χ1) is 12.5.